The van der Waals surface area contributed by atoms with Crippen LogP contribution < -0.4 is 5.32 Å². The van der Waals surface area contributed by atoms with Crippen molar-refractivity contribution in [3.05, 3.63) is 57.6 Å². The maximum atomic E-state index is 13.2. The zero-order valence-electron chi connectivity index (χ0n) is 15.0. The van der Waals surface area contributed by atoms with Crippen LogP contribution in [0.25, 0.3) is 0 Å². The van der Waals surface area contributed by atoms with Crippen molar-refractivity contribution in [2.45, 2.75) is 38.3 Å². The first-order valence-corrected chi connectivity index (χ1v) is 9.63. The normalized spacial score (nSPS) is 13.8. The summed E-state index contributed by atoms with van der Waals surface area (Å²) >= 11 is 12.0. The Kier molecular flexibility index (Phi) is 5.51. The van der Waals surface area contributed by atoms with Crippen LogP contribution in [0.1, 0.15) is 42.1 Å². The van der Waals surface area contributed by atoms with Crippen LogP contribution in [-0.2, 0) is 17.9 Å². The third-order valence-corrected chi connectivity index (χ3v) is 5.06. The number of amides is 1. The molecule has 7 nitrogen and oxygen atoms in total. The van der Waals surface area contributed by atoms with Crippen molar-refractivity contribution >= 4 is 35.1 Å². The summed E-state index contributed by atoms with van der Waals surface area (Å²) in [4.78, 5) is 16.3. The van der Waals surface area contributed by atoms with Gasteiger partial charge in [-0.3, -0.25) is 14.8 Å². The largest absolute Gasteiger partial charge is 0.292 e. The molecule has 0 saturated heterocycles. The molecule has 2 heterocycles. The van der Waals surface area contributed by atoms with Gasteiger partial charge in [-0.1, -0.05) is 29.3 Å². The number of benzene rings is 1. The Morgan fingerprint density at radius 3 is 2.72 bits per heavy atom. The minimum atomic E-state index is -2.70. The molecule has 11 heteroatoms. The number of nitrogens with one attached hydrogen (secondary N) is 1. The lowest BCUT2D eigenvalue weighted by Gasteiger charge is -2.06. The Hall–Kier alpha value is -2.52. The first kappa shape index (κ1) is 19.8. The Morgan fingerprint density at radius 1 is 1.24 bits per heavy atom. The second kappa shape index (κ2) is 8.08. The summed E-state index contributed by atoms with van der Waals surface area (Å²) in [6.07, 6.45) is 0.601. The second-order valence-corrected chi connectivity index (χ2v) is 7.62. The van der Waals surface area contributed by atoms with Gasteiger partial charge in [-0.25, -0.2) is 18.4 Å². The fourth-order valence-electron chi connectivity index (χ4n) is 2.89. The Labute approximate surface area is 174 Å². The van der Waals surface area contributed by atoms with Crippen molar-refractivity contribution in [1.29, 1.82) is 0 Å². The fraction of sp³-hybridized carbons (Fsp3) is 0.333. The van der Waals surface area contributed by atoms with E-state index in [2.05, 4.69) is 20.5 Å². The minimum absolute atomic E-state index is 0.0632. The Morgan fingerprint density at radius 2 is 2.03 bits per heavy atom. The fourth-order valence-corrected chi connectivity index (χ4v) is 3.35. The van der Waals surface area contributed by atoms with Gasteiger partial charge < -0.3 is 0 Å². The molecule has 1 aliphatic carbocycles. The second-order valence-electron chi connectivity index (χ2n) is 6.78. The standard InChI is InChI=1S/C18H16Cl2F2N6O/c19-12-4-3-11(13(20)5-12)7-27-9-23-18(26-27)24-16(29)8-28-15(17(21)22)6-14(25-28)10-1-2-10/h3-6,9-10,17H,1-2,7-8H2,(H,24,26,29). The molecule has 0 unspecified atom stereocenters. The third kappa shape index (κ3) is 4.73. The molecule has 1 saturated carbocycles. The van der Waals surface area contributed by atoms with Gasteiger partial charge in [0.2, 0.25) is 11.9 Å². The number of alkyl halides is 2. The summed E-state index contributed by atoms with van der Waals surface area (Å²) in [6.45, 7) is -0.0117. The van der Waals surface area contributed by atoms with Gasteiger partial charge in [0.1, 0.15) is 18.6 Å². The molecule has 152 valence electrons. The van der Waals surface area contributed by atoms with Crippen molar-refractivity contribution < 1.29 is 13.6 Å². The molecule has 0 atom stereocenters. The monoisotopic (exact) mass is 440 g/mol. The molecule has 2 aromatic heterocycles. The van der Waals surface area contributed by atoms with Gasteiger partial charge in [0.25, 0.3) is 6.43 Å². The molecule has 3 aromatic rings. The lowest BCUT2D eigenvalue weighted by atomic mass is 10.2. The van der Waals surface area contributed by atoms with E-state index < -0.39 is 12.3 Å². The van der Waals surface area contributed by atoms with Gasteiger partial charge in [-0.15, -0.1) is 5.10 Å². The SMILES string of the molecule is O=C(Cn1nc(C2CC2)cc1C(F)F)Nc1ncn(Cc2ccc(Cl)cc2Cl)n1. The summed E-state index contributed by atoms with van der Waals surface area (Å²) in [7, 11) is 0. The van der Waals surface area contributed by atoms with Crippen LogP contribution in [0.3, 0.4) is 0 Å². The molecule has 1 aromatic carbocycles. The van der Waals surface area contributed by atoms with Crippen LogP contribution in [0.15, 0.2) is 30.6 Å². The minimum Gasteiger partial charge on any atom is -0.292 e. The number of aromatic nitrogens is 5. The van der Waals surface area contributed by atoms with E-state index in [9.17, 15) is 13.6 Å². The highest BCUT2D eigenvalue weighted by atomic mass is 35.5. The zero-order valence-corrected chi connectivity index (χ0v) is 16.5. The number of halogens is 4. The number of hydrogen-bond donors (Lipinski definition) is 1. The molecule has 1 amide bonds. The van der Waals surface area contributed by atoms with Crippen molar-refractivity contribution in [2.75, 3.05) is 5.32 Å². The number of hydrogen-bond acceptors (Lipinski definition) is 4. The van der Waals surface area contributed by atoms with E-state index in [1.165, 1.54) is 17.1 Å². The lowest BCUT2D eigenvalue weighted by molar-refractivity contribution is -0.117. The average molecular weight is 441 g/mol. The van der Waals surface area contributed by atoms with Crippen molar-refractivity contribution in [3.8, 4) is 0 Å². The van der Waals surface area contributed by atoms with E-state index in [0.717, 1.165) is 23.1 Å². The molecular formula is C18H16Cl2F2N6O. The van der Waals surface area contributed by atoms with Gasteiger partial charge in [-0.05, 0) is 36.6 Å². The van der Waals surface area contributed by atoms with Gasteiger partial charge >= 0.3 is 0 Å². The van der Waals surface area contributed by atoms with Crippen molar-refractivity contribution in [3.63, 3.8) is 0 Å². The summed E-state index contributed by atoms with van der Waals surface area (Å²) in [6, 6.07) is 6.48. The highest BCUT2D eigenvalue weighted by molar-refractivity contribution is 6.35. The number of anilines is 1. The number of rotatable bonds is 7. The van der Waals surface area contributed by atoms with E-state index in [1.54, 1.807) is 18.2 Å². The predicted octanol–water partition coefficient (Wildman–Crippen LogP) is 4.28. The smallest absolute Gasteiger partial charge is 0.280 e. The number of nitrogens with zero attached hydrogens (tertiary/aromatic N) is 5. The van der Waals surface area contributed by atoms with Crippen LogP contribution in [0.4, 0.5) is 14.7 Å². The molecule has 1 fully saturated rings. The molecule has 0 bridgehead atoms. The summed E-state index contributed by atoms with van der Waals surface area (Å²) in [5.74, 6) is -0.262. The lowest BCUT2D eigenvalue weighted by Crippen LogP contribution is -2.22. The van der Waals surface area contributed by atoms with Gasteiger partial charge in [0.15, 0.2) is 0 Å². The average Bonchev–Trinajstić information content (AvgIpc) is 3.28. The van der Waals surface area contributed by atoms with Crippen LogP contribution in [-0.4, -0.2) is 30.5 Å². The van der Waals surface area contributed by atoms with Crippen LogP contribution >= 0.6 is 23.2 Å². The zero-order chi connectivity index (χ0) is 20.5. The van der Waals surface area contributed by atoms with Gasteiger partial charge in [0, 0.05) is 16.0 Å². The molecule has 0 spiro atoms. The summed E-state index contributed by atoms with van der Waals surface area (Å²) in [5.41, 5.74) is 1.12. The number of carbonyl (C=O) groups is 1. The quantitative estimate of drug-likeness (QED) is 0.594. The molecule has 0 radical (unpaired) electrons. The van der Waals surface area contributed by atoms with Gasteiger partial charge in [-0.2, -0.15) is 5.10 Å². The number of carbonyl (C=O) groups excluding carboxylic acids is 1. The van der Waals surface area contributed by atoms with E-state index >= 15 is 0 Å². The highest BCUT2D eigenvalue weighted by Gasteiger charge is 2.29. The maximum absolute atomic E-state index is 13.2. The van der Waals surface area contributed by atoms with Crippen molar-refractivity contribution in [1.82, 2.24) is 24.5 Å². The first-order valence-electron chi connectivity index (χ1n) is 8.88. The predicted molar refractivity (Wildman–Crippen MR) is 103 cm³/mol. The molecular weight excluding hydrogens is 425 g/mol. The maximum Gasteiger partial charge on any atom is 0.280 e. The van der Waals surface area contributed by atoms with Crippen molar-refractivity contribution in [2.24, 2.45) is 0 Å². The van der Waals surface area contributed by atoms with E-state index in [-0.39, 0.29) is 24.1 Å². The third-order valence-electron chi connectivity index (χ3n) is 4.48. The Bertz CT molecular complexity index is 1050. The van der Waals surface area contributed by atoms with Crippen LogP contribution in [0.2, 0.25) is 10.0 Å². The van der Waals surface area contributed by atoms with Crippen LogP contribution in [0.5, 0.6) is 0 Å². The molecule has 4 rings (SSSR count). The summed E-state index contributed by atoms with van der Waals surface area (Å²) < 4.78 is 29.0. The molecule has 1 N–H and O–H groups in total. The Balaban J connectivity index is 1.40. The first-order chi connectivity index (χ1) is 13.9. The topological polar surface area (TPSA) is 77.6 Å². The van der Waals surface area contributed by atoms with Crippen LogP contribution in [0, 0.1) is 0 Å². The summed E-state index contributed by atoms with van der Waals surface area (Å²) in [5, 5.41) is 11.8. The highest BCUT2D eigenvalue weighted by Crippen LogP contribution is 2.40. The molecule has 0 aliphatic heterocycles. The van der Waals surface area contributed by atoms with E-state index in [1.807, 2.05) is 0 Å². The van der Waals surface area contributed by atoms with E-state index in [4.69, 9.17) is 23.2 Å². The van der Waals surface area contributed by atoms with E-state index in [0.29, 0.717) is 22.3 Å². The molecule has 1 aliphatic rings. The molecule has 29 heavy (non-hydrogen) atoms. The van der Waals surface area contributed by atoms with Gasteiger partial charge in [0.05, 0.1) is 12.2 Å².